The van der Waals surface area contributed by atoms with Crippen LogP contribution in [0, 0.1) is 82.9 Å². The number of esters is 2. The van der Waals surface area contributed by atoms with Gasteiger partial charge in [-0.2, -0.15) is 79.0 Å². The van der Waals surface area contributed by atoms with Crippen LogP contribution in [0.25, 0.3) is 0 Å². The first kappa shape index (κ1) is 60.6. The Balaban J connectivity index is 0.000000186. The molecule has 2 aliphatic heterocycles. The number of carbonyl (C=O) groups excluding carboxylic acids is 2. The first-order chi connectivity index (χ1) is 33.5. The standard InChI is InChI=1S/C20H20F10O4.C19H20F8O4.2C4H12Si/c21-16(22)15(17(23,24)19(25,26)27,6-33-18(16,32)20(28,29)30)34-14(31)11-5-9-4-10(11)13-8-2-1-7(3-8)12(9)13;20-16(21)15(18(22,23)24,6-30-17(16,29)19(25,26)27)31-14(28)11-5-9-4-10(11)13-8-2-1-7(3-8)12(9)13;2*1-5(2,3)4/h7-13,32H,1-6H2;7-13,29H,1-6H2;2*1-4H3. The quantitative estimate of drug-likeness (QED) is 0.121. The number of hydrogen-bond donors (Lipinski definition) is 2. The molecule has 2 heterocycles. The Morgan fingerprint density at radius 2 is 0.747 bits per heavy atom. The maximum Gasteiger partial charge on any atom is 0.458 e. The Labute approximate surface area is 423 Å². The van der Waals surface area contributed by atoms with E-state index >= 15 is 0 Å². The molecule has 0 aromatic carbocycles. The van der Waals surface area contributed by atoms with Crippen molar-refractivity contribution < 1.29 is 118 Å². The zero-order valence-electron chi connectivity index (χ0n) is 42.2. The molecule has 75 heavy (non-hydrogen) atoms. The number of ether oxygens (including phenoxy) is 4. The highest BCUT2D eigenvalue weighted by molar-refractivity contribution is 6.75. The molecule has 18 atom stereocenters. The van der Waals surface area contributed by atoms with E-state index in [1.165, 1.54) is 0 Å². The second-order valence-electron chi connectivity index (χ2n) is 26.1. The number of halogens is 18. The number of aliphatic hydroxyl groups is 2. The molecule has 10 fully saturated rings. The smallest absolute Gasteiger partial charge is 0.443 e. The Hall–Kier alpha value is -2.05. The fourth-order valence-corrected chi connectivity index (χ4v) is 15.1. The van der Waals surface area contributed by atoms with Gasteiger partial charge in [0.2, 0.25) is 0 Å². The molecule has 28 heteroatoms. The van der Waals surface area contributed by atoms with Gasteiger partial charge < -0.3 is 29.2 Å². The lowest BCUT2D eigenvalue weighted by atomic mass is 9.67. The fraction of sp³-hybridized carbons (Fsp3) is 0.957. The summed E-state index contributed by atoms with van der Waals surface area (Å²) in [5.74, 6) is -34.7. The summed E-state index contributed by atoms with van der Waals surface area (Å²) in [6, 6.07) is 0. The first-order valence-electron chi connectivity index (χ1n) is 25.1. The lowest BCUT2D eigenvalue weighted by Gasteiger charge is -2.43. The van der Waals surface area contributed by atoms with Gasteiger partial charge >= 0.3 is 66.0 Å². The lowest BCUT2D eigenvalue weighted by Crippen LogP contribution is -2.73. The van der Waals surface area contributed by atoms with Crippen molar-refractivity contribution in [1.82, 2.24) is 0 Å². The van der Waals surface area contributed by atoms with E-state index in [0.717, 1.165) is 38.5 Å². The first-order valence-corrected chi connectivity index (χ1v) is 33.1. The molecule has 0 aromatic rings. The maximum absolute atomic E-state index is 14.9. The van der Waals surface area contributed by atoms with Crippen LogP contribution in [0.3, 0.4) is 0 Å². The van der Waals surface area contributed by atoms with E-state index in [4.69, 9.17) is 0 Å². The van der Waals surface area contributed by atoms with Gasteiger partial charge in [-0.3, -0.25) is 9.59 Å². The van der Waals surface area contributed by atoms with Crippen molar-refractivity contribution in [1.29, 1.82) is 0 Å². The third kappa shape index (κ3) is 9.46. The molecular weight excluding hydrogens is 1090 g/mol. The van der Waals surface area contributed by atoms with Crippen LogP contribution in [0.4, 0.5) is 79.0 Å². The van der Waals surface area contributed by atoms with Gasteiger partial charge in [-0.1, -0.05) is 52.4 Å². The van der Waals surface area contributed by atoms with E-state index in [9.17, 15) is 98.8 Å². The van der Waals surface area contributed by atoms with Gasteiger partial charge in [0.15, 0.2) is 0 Å². The van der Waals surface area contributed by atoms with Gasteiger partial charge in [-0.05, 0) is 135 Å². The molecule has 0 aromatic heterocycles. The van der Waals surface area contributed by atoms with Gasteiger partial charge in [0, 0.05) is 16.1 Å². The molecule has 8 aliphatic carbocycles. The van der Waals surface area contributed by atoms with Crippen LogP contribution in [-0.4, -0.2) is 117 Å². The summed E-state index contributed by atoms with van der Waals surface area (Å²) >= 11 is 0. The summed E-state index contributed by atoms with van der Waals surface area (Å²) in [5.41, 5.74) is -10.4. The Morgan fingerprint density at radius 1 is 0.453 bits per heavy atom. The third-order valence-corrected chi connectivity index (χ3v) is 17.5. The highest BCUT2D eigenvalue weighted by Crippen LogP contribution is 2.72. The second-order valence-corrected chi connectivity index (χ2v) is 38.1. The number of rotatable bonds is 5. The minimum Gasteiger partial charge on any atom is -0.443 e. The molecule has 2 N–H and O–H groups in total. The molecule has 10 rings (SSSR count). The second kappa shape index (κ2) is 18.5. The number of alkyl halides is 18. The number of carbonyl (C=O) groups is 2. The van der Waals surface area contributed by atoms with Crippen LogP contribution in [0.5, 0.6) is 0 Å². The van der Waals surface area contributed by atoms with Crippen molar-refractivity contribution in [3.63, 3.8) is 0 Å². The van der Waals surface area contributed by atoms with E-state index in [-0.39, 0.29) is 54.3 Å². The van der Waals surface area contributed by atoms with Crippen LogP contribution in [0.2, 0.25) is 52.4 Å². The lowest BCUT2D eigenvalue weighted by molar-refractivity contribution is -0.428. The summed E-state index contributed by atoms with van der Waals surface area (Å²) in [6.07, 6.45) is -18.7. The van der Waals surface area contributed by atoms with E-state index in [1.54, 1.807) is 0 Å². The Bertz CT molecular complexity index is 2140. The zero-order valence-corrected chi connectivity index (χ0v) is 44.2. The van der Waals surface area contributed by atoms with Crippen LogP contribution in [0.1, 0.15) is 64.2 Å². The minimum atomic E-state index is -6.85. The average Bonchev–Trinajstić information content (AvgIpc) is 4.09. The third-order valence-electron chi connectivity index (χ3n) is 17.5. The average molecular weight is 1160 g/mol. The molecule has 434 valence electrons. The highest BCUT2D eigenvalue weighted by Gasteiger charge is 2.94. The maximum atomic E-state index is 14.9. The van der Waals surface area contributed by atoms with Gasteiger partial charge in [0.25, 0.3) is 11.2 Å². The molecular formula is C47H64F18O8Si2. The minimum absolute atomic E-state index is 0.0114. The molecule has 2 saturated heterocycles. The van der Waals surface area contributed by atoms with Crippen molar-refractivity contribution in [2.45, 2.75) is 182 Å². The normalized spacial score (nSPS) is 43.8. The highest BCUT2D eigenvalue weighted by atomic mass is 28.3. The van der Waals surface area contributed by atoms with Crippen LogP contribution in [0.15, 0.2) is 0 Å². The monoisotopic (exact) mass is 1150 g/mol. The van der Waals surface area contributed by atoms with Gasteiger partial charge in [-0.15, -0.1) is 0 Å². The van der Waals surface area contributed by atoms with Crippen molar-refractivity contribution in [2.24, 2.45) is 82.9 Å². The van der Waals surface area contributed by atoms with Crippen molar-refractivity contribution in [3.8, 4) is 0 Å². The van der Waals surface area contributed by atoms with Crippen LogP contribution in [-0.2, 0) is 28.5 Å². The van der Waals surface area contributed by atoms with E-state index in [0.29, 0.717) is 36.5 Å². The van der Waals surface area contributed by atoms with Gasteiger partial charge in [0.1, 0.15) is 13.2 Å². The number of hydrogen-bond acceptors (Lipinski definition) is 8. The predicted molar refractivity (Wildman–Crippen MR) is 232 cm³/mol. The number of fused-ring (bicyclic) bond motifs is 18. The SMILES string of the molecule is C[Si](C)(C)C.C[Si](C)(C)C.O=C(OC1(C(F)(F)C(F)(F)F)COC(O)(C(F)(F)F)C1(F)F)C1CC2CC1C1C3CCC(C3)C21.O=C(OC1(C(F)(F)F)COC(O)(C(F)(F)F)C1(F)F)C1CC2CC1C1C3CCC(C3)C21. The molecule has 18 unspecified atom stereocenters. The summed E-state index contributed by atoms with van der Waals surface area (Å²) in [4.78, 5) is 25.6. The zero-order chi connectivity index (χ0) is 57.1. The van der Waals surface area contributed by atoms with Crippen molar-refractivity contribution >= 4 is 28.1 Å². The summed E-state index contributed by atoms with van der Waals surface area (Å²) in [6.45, 7) is 13.5. The van der Waals surface area contributed by atoms with Gasteiger partial charge in [0.05, 0.1) is 11.8 Å². The molecule has 0 spiro atoms. The van der Waals surface area contributed by atoms with E-state index < -0.39 is 124 Å². The van der Waals surface area contributed by atoms with Crippen LogP contribution >= 0.6 is 0 Å². The predicted octanol–water partition coefficient (Wildman–Crippen LogP) is 12.7. The Morgan fingerprint density at radius 3 is 1.04 bits per heavy atom. The van der Waals surface area contributed by atoms with Crippen LogP contribution < -0.4 is 0 Å². The summed E-state index contributed by atoms with van der Waals surface area (Å²) < 4.78 is 262. The van der Waals surface area contributed by atoms with Crippen molar-refractivity contribution in [2.75, 3.05) is 13.2 Å². The molecule has 10 aliphatic rings. The molecule has 8 nitrogen and oxygen atoms in total. The Kier molecular flexibility index (Phi) is 14.9. The summed E-state index contributed by atoms with van der Waals surface area (Å²) in [7, 11) is -1.22. The largest absolute Gasteiger partial charge is 0.458 e. The summed E-state index contributed by atoms with van der Waals surface area (Å²) in [5, 5.41) is 18.8. The van der Waals surface area contributed by atoms with E-state index in [2.05, 4.69) is 71.3 Å². The van der Waals surface area contributed by atoms with Gasteiger partial charge in [-0.25, -0.2) is 0 Å². The van der Waals surface area contributed by atoms with Crippen molar-refractivity contribution in [3.05, 3.63) is 0 Å². The molecule has 8 saturated carbocycles. The topological polar surface area (TPSA) is 112 Å². The molecule has 0 amide bonds. The molecule has 0 radical (unpaired) electrons. The molecule has 8 bridgehead atoms. The van der Waals surface area contributed by atoms with E-state index in [1.807, 2.05) is 0 Å². The fourth-order valence-electron chi connectivity index (χ4n) is 15.1.